The topological polar surface area (TPSA) is 76.1 Å². The van der Waals surface area contributed by atoms with E-state index in [1.54, 1.807) is 36.7 Å². The molecule has 0 aliphatic heterocycles. The van der Waals surface area contributed by atoms with Crippen LogP contribution in [0.2, 0.25) is 0 Å². The van der Waals surface area contributed by atoms with Crippen molar-refractivity contribution in [3.8, 4) is 11.5 Å². The first-order chi connectivity index (χ1) is 14.5. The average molecular weight is 419 g/mol. The van der Waals surface area contributed by atoms with Crippen molar-refractivity contribution >= 4 is 38.3 Å². The van der Waals surface area contributed by atoms with Crippen LogP contribution < -0.4 is 15.4 Å². The molecule has 2 aromatic heterocycles. The van der Waals surface area contributed by atoms with E-state index < -0.39 is 0 Å². The standard InChI is InChI=1S/C23H22N4O2S/c1-14(2)17-6-4-5-7-18(17)26-23-27-19-9-8-15(13-21(19)30-23)29-16-10-11-25-20(12-16)22(28)24-3/h4-14H,1-3H3,(H,24,28)(H,26,27). The maximum atomic E-state index is 11.8. The molecule has 0 atom stereocenters. The largest absolute Gasteiger partial charge is 0.457 e. The maximum Gasteiger partial charge on any atom is 0.269 e. The number of carbonyl (C=O) groups excluding carboxylic acids is 1. The number of rotatable bonds is 6. The number of amides is 1. The molecule has 2 N–H and O–H groups in total. The number of ether oxygens (including phenoxy) is 1. The number of carbonyl (C=O) groups is 1. The fourth-order valence-corrected chi connectivity index (χ4v) is 4.02. The van der Waals surface area contributed by atoms with Crippen LogP contribution in [0.3, 0.4) is 0 Å². The van der Waals surface area contributed by atoms with Gasteiger partial charge in [-0.05, 0) is 35.7 Å². The molecule has 4 aromatic rings. The number of para-hydroxylation sites is 1. The van der Waals surface area contributed by atoms with E-state index in [2.05, 4.69) is 47.7 Å². The zero-order valence-corrected chi connectivity index (χ0v) is 17.8. The van der Waals surface area contributed by atoms with Gasteiger partial charge in [0, 0.05) is 31.1 Å². The van der Waals surface area contributed by atoms with Crippen molar-refractivity contribution in [1.82, 2.24) is 15.3 Å². The van der Waals surface area contributed by atoms with Crippen LogP contribution in [0.25, 0.3) is 10.2 Å². The summed E-state index contributed by atoms with van der Waals surface area (Å²) in [7, 11) is 1.57. The second-order valence-corrected chi connectivity index (χ2v) is 8.10. The van der Waals surface area contributed by atoms with Gasteiger partial charge in [0.25, 0.3) is 5.91 Å². The first-order valence-electron chi connectivity index (χ1n) is 9.66. The molecule has 2 aromatic carbocycles. The second-order valence-electron chi connectivity index (χ2n) is 7.07. The van der Waals surface area contributed by atoms with Gasteiger partial charge in [0.15, 0.2) is 5.13 Å². The first kappa shape index (κ1) is 19.8. The number of hydrogen-bond donors (Lipinski definition) is 2. The summed E-state index contributed by atoms with van der Waals surface area (Å²) in [4.78, 5) is 20.5. The number of pyridine rings is 1. The molecule has 0 bridgehead atoms. The highest BCUT2D eigenvalue weighted by atomic mass is 32.1. The molecule has 7 heteroatoms. The molecule has 4 rings (SSSR count). The van der Waals surface area contributed by atoms with Crippen molar-refractivity contribution in [2.75, 3.05) is 12.4 Å². The molecule has 152 valence electrons. The van der Waals surface area contributed by atoms with E-state index in [4.69, 9.17) is 9.72 Å². The molecule has 0 aliphatic rings. The van der Waals surface area contributed by atoms with Gasteiger partial charge in [-0.25, -0.2) is 4.98 Å². The SMILES string of the molecule is CNC(=O)c1cc(Oc2ccc3nc(Nc4ccccc4C(C)C)sc3c2)ccn1. The molecular formula is C23H22N4O2S. The molecule has 2 heterocycles. The molecular weight excluding hydrogens is 396 g/mol. The molecule has 0 saturated carbocycles. The van der Waals surface area contributed by atoms with Crippen molar-refractivity contribution in [2.24, 2.45) is 0 Å². The van der Waals surface area contributed by atoms with Crippen LogP contribution in [0.5, 0.6) is 11.5 Å². The van der Waals surface area contributed by atoms with Crippen LogP contribution in [0.15, 0.2) is 60.8 Å². The van der Waals surface area contributed by atoms with Gasteiger partial charge >= 0.3 is 0 Å². The van der Waals surface area contributed by atoms with Gasteiger partial charge in [-0.1, -0.05) is 43.4 Å². The molecule has 1 amide bonds. The average Bonchev–Trinajstić information content (AvgIpc) is 3.15. The maximum absolute atomic E-state index is 11.8. The lowest BCUT2D eigenvalue weighted by molar-refractivity contribution is 0.0958. The number of anilines is 2. The number of benzene rings is 2. The predicted octanol–water partition coefficient (Wildman–Crippen LogP) is 5.71. The molecule has 0 unspecified atom stereocenters. The Balaban J connectivity index is 1.57. The van der Waals surface area contributed by atoms with Crippen LogP contribution >= 0.6 is 11.3 Å². The minimum Gasteiger partial charge on any atom is -0.457 e. The summed E-state index contributed by atoms with van der Waals surface area (Å²) in [5, 5.41) is 6.85. The zero-order valence-electron chi connectivity index (χ0n) is 17.0. The van der Waals surface area contributed by atoms with Crippen LogP contribution in [0.1, 0.15) is 35.8 Å². The third kappa shape index (κ3) is 4.26. The monoisotopic (exact) mass is 418 g/mol. The minimum absolute atomic E-state index is 0.254. The zero-order chi connectivity index (χ0) is 21.1. The van der Waals surface area contributed by atoms with Gasteiger partial charge in [-0.3, -0.25) is 9.78 Å². The van der Waals surface area contributed by atoms with Crippen LogP contribution in [0.4, 0.5) is 10.8 Å². The number of nitrogens with zero attached hydrogens (tertiary/aromatic N) is 2. The van der Waals surface area contributed by atoms with E-state index in [0.717, 1.165) is 21.0 Å². The van der Waals surface area contributed by atoms with Gasteiger partial charge in [-0.15, -0.1) is 0 Å². The number of hydrogen-bond acceptors (Lipinski definition) is 6. The van der Waals surface area contributed by atoms with Crippen LogP contribution in [-0.2, 0) is 0 Å². The van der Waals surface area contributed by atoms with E-state index in [0.29, 0.717) is 23.1 Å². The summed E-state index contributed by atoms with van der Waals surface area (Å²) >= 11 is 1.57. The summed E-state index contributed by atoms with van der Waals surface area (Å²) in [5.74, 6) is 1.39. The number of thiazole rings is 1. The Morgan fingerprint density at radius 1 is 1.07 bits per heavy atom. The summed E-state index contributed by atoms with van der Waals surface area (Å²) in [5.41, 5.74) is 3.54. The lowest BCUT2D eigenvalue weighted by Crippen LogP contribution is -2.18. The van der Waals surface area contributed by atoms with Gasteiger partial charge in [0.1, 0.15) is 17.2 Å². The van der Waals surface area contributed by atoms with Crippen molar-refractivity contribution < 1.29 is 9.53 Å². The van der Waals surface area contributed by atoms with E-state index in [9.17, 15) is 4.79 Å². The Morgan fingerprint density at radius 2 is 1.87 bits per heavy atom. The lowest BCUT2D eigenvalue weighted by atomic mass is 10.0. The van der Waals surface area contributed by atoms with Gasteiger partial charge < -0.3 is 15.4 Å². The van der Waals surface area contributed by atoms with E-state index in [1.807, 2.05) is 24.3 Å². The van der Waals surface area contributed by atoms with Crippen molar-refractivity contribution in [1.29, 1.82) is 0 Å². The summed E-state index contributed by atoms with van der Waals surface area (Å²) in [6, 6.07) is 17.4. The first-order valence-corrected chi connectivity index (χ1v) is 10.5. The number of nitrogens with one attached hydrogen (secondary N) is 2. The minimum atomic E-state index is -0.254. The Labute approximate surface area is 179 Å². The van der Waals surface area contributed by atoms with E-state index in [1.165, 1.54) is 5.56 Å². The molecule has 30 heavy (non-hydrogen) atoms. The Hall–Kier alpha value is -3.45. The normalized spacial score (nSPS) is 10.9. The van der Waals surface area contributed by atoms with Crippen molar-refractivity contribution in [3.63, 3.8) is 0 Å². The Morgan fingerprint density at radius 3 is 2.67 bits per heavy atom. The third-order valence-corrected chi connectivity index (χ3v) is 5.54. The van der Waals surface area contributed by atoms with Crippen molar-refractivity contribution in [3.05, 3.63) is 72.1 Å². The van der Waals surface area contributed by atoms with Crippen molar-refractivity contribution in [2.45, 2.75) is 19.8 Å². The third-order valence-electron chi connectivity index (χ3n) is 4.61. The predicted molar refractivity (Wildman–Crippen MR) is 121 cm³/mol. The lowest BCUT2D eigenvalue weighted by Gasteiger charge is -2.12. The molecule has 6 nitrogen and oxygen atoms in total. The highest BCUT2D eigenvalue weighted by Crippen LogP contribution is 2.34. The summed E-state index contributed by atoms with van der Waals surface area (Å²) in [6.07, 6.45) is 1.55. The smallest absolute Gasteiger partial charge is 0.269 e. The van der Waals surface area contributed by atoms with Gasteiger partial charge in [-0.2, -0.15) is 0 Å². The van der Waals surface area contributed by atoms with E-state index in [-0.39, 0.29) is 5.91 Å². The molecule has 0 spiro atoms. The second kappa shape index (κ2) is 8.51. The molecule has 0 aliphatic carbocycles. The fraction of sp³-hybridized carbons (Fsp3) is 0.174. The number of fused-ring (bicyclic) bond motifs is 1. The highest BCUT2D eigenvalue weighted by Gasteiger charge is 2.11. The molecule has 0 saturated heterocycles. The molecule has 0 fully saturated rings. The quantitative estimate of drug-likeness (QED) is 0.419. The Bertz CT molecular complexity index is 1200. The Kier molecular flexibility index (Phi) is 5.63. The number of aromatic nitrogens is 2. The summed E-state index contributed by atoms with van der Waals surface area (Å²) < 4.78 is 6.95. The van der Waals surface area contributed by atoms with Crippen LogP contribution in [-0.4, -0.2) is 22.9 Å². The van der Waals surface area contributed by atoms with Crippen LogP contribution in [0, 0.1) is 0 Å². The van der Waals surface area contributed by atoms with Gasteiger partial charge in [0.05, 0.1) is 10.2 Å². The highest BCUT2D eigenvalue weighted by molar-refractivity contribution is 7.22. The van der Waals surface area contributed by atoms with E-state index >= 15 is 0 Å². The fourth-order valence-electron chi connectivity index (χ4n) is 3.11. The molecule has 0 radical (unpaired) electrons. The van der Waals surface area contributed by atoms with Gasteiger partial charge in [0.2, 0.25) is 0 Å². The summed E-state index contributed by atoms with van der Waals surface area (Å²) in [6.45, 7) is 4.36.